The molecule has 3 atom stereocenters. The fourth-order valence-electron chi connectivity index (χ4n) is 4.22. The maximum absolute atomic E-state index is 14.5. The number of amides is 4. The summed E-state index contributed by atoms with van der Waals surface area (Å²) in [4.78, 5) is 53.1. The van der Waals surface area contributed by atoms with E-state index in [4.69, 9.17) is 10.5 Å². The fourth-order valence-corrected chi connectivity index (χ4v) is 4.22. The van der Waals surface area contributed by atoms with Gasteiger partial charge in [-0.15, -0.1) is 0 Å². The number of nitrogens with one attached hydrogen (secondary N) is 4. The molecule has 6 N–H and O–H groups in total. The number of ether oxygens (including phenoxy) is 1. The molecule has 0 saturated carbocycles. The second-order valence-electron chi connectivity index (χ2n) is 9.38. The van der Waals surface area contributed by atoms with Gasteiger partial charge in [0.15, 0.2) is 0 Å². The van der Waals surface area contributed by atoms with Crippen molar-refractivity contribution in [3.8, 4) is 5.75 Å². The number of H-pyrrole nitrogens is 1. The van der Waals surface area contributed by atoms with Crippen molar-refractivity contribution in [3.63, 3.8) is 0 Å². The SMILES string of the molecule is COc1cccc2[nH]c(C(=O)NC(CC(C)(C)F)C(=O)NC(CC3CCCNC3=O)C(N)=O)cc12. The topological polar surface area (TPSA) is 155 Å². The summed E-state index contributed by atoms with van der Waals surface area (Å²) >= 11 is 0. The summed E-state index contributed by atoms with van der Waals surface area (Å²) < 4.78 is 19.8. The van der Waals surface area contributed by atoms with Gasteiger partial charge in [0.2, 0.25) is 17.7 Å². The van der Waals surface area contributed by atoms with Crippen LogP contribution >= 0.6 is 0 Å². The van der Waals surface area contributed by atoms with Gasteiger partial charge in [0.25, 0.3) is 5.91 Å². The van der Waals surface area contributed by atoms with Gasteiger partial charge in [-0.2, -0.15) is 0 Å². The first-order valence-corrected chi connectivity index (χ1v) is 11.5. The molecule has 1 aliphatic rings. The van der Waals surface area contributed by atoms with Crippen molar-refractivity contribution in [1.82, 2.24) is 20.9 Å². The molecule has 0 aliphatic carbocycles. The molecule has 3 unspecified atom stereocenters. The minimum absolute atomic E-state index is 0.0222. The van der Waals surface area contributed by atoms with Crippen LogP contribution < -0.4 is 26.4 Å². The Bertz CT molecular complexity index is 1110. The predicted octanol–water partition coefficient (Wildman–Crippen LogP) is 1.30. The maximum atomic E-state index is 14.5. The van der Waals surface area contributed by atoms with E-state index in [1.54, 1.807) is 24.3 Å². The van der Waals surface area contributed by atoms with Crippen LogP contribution in [0.4, 0.5) is 4.39 Å². The average molecular weight is 490 g/mol. The van der Waals surface area contributed by atoms with Crippen LogP contribution in [0.3, 0.4) is 0 Å². The van der Waals surface area contributed by atoms with Gasteiger partial charge in [-0.05, 0) is 51.3 Å². The van der Waals surface area contributed by atoms with E-state index in [1.807, 2.05) is 0 Å². The van der Waals surface area contributed by atoms with E-state index in [0.717, 1.165) is 6.42 Å². The fraction of sp³-hybridized carbons (Fsp3) is 0.500. The molecule has 35 heavy (non-hydrogen) atoms. The van der Waals surface area contributed by atoms with Crippen LogP contribution in [-0.2, 0) is 14.4 Å². The van der Waals surface area contributed by atoms with E-state index in [2.05, 4.69) is 20.9 Å². The number of halogens is 1. The molecule has 0 radical (unpaired) electrons. The Kier molecular flexibility index (Phi) is 7.98. The lowest BCUT2D eigenvalue weighted by Crippen LogP contribution is -2.55. The molecule has 1 aromatic carbocycles. The number of rotatable bonds is 10. The quantitative estimate of drug-likeness (QED) is 0.340. The number of nitrogens with two attached hydrogens (primary N) is 1. The molecule has 4 amide bonds. The van der Waals surface area contributed by atoms with E-state index >= 15 is 0 Å². The van der Waals surface area contributed by atoms with Crippen LogP contribution in [0.5, 0.6) is 5.75 Å². The van der Waals surface area contributed by atoms with E-state index in [-0.39, 0.29) is 24.4 Å². The second-order valence-corrected chi connectivity index (χ2v) is 9.38. The highest BCUT2D eigenvalue weighted by molar-refractivity contribution is 6.01. The Morgan fingerprint density at radius 2 is 2.00 bits per heavy atom. The summed E-state index contributed by atoms with van der Waals surface area (Å²) in [5, 5.41) is 8.45. The summed E-state index contributed by atoms with van der Waals surface area (Å²) in [6.07, 6.45) is 0.991. The Balaban J connectivity index is 1.77. The Morgan fingerprint density at radius 1 is 1.26 bits per heavy atom. The number of carbonyl (C=O) groups is 4. The lowest BCUT2D eigenvalue weighted by Gasteiger charge is -2.28. The van der Waals surface area contributed by atoms with Gasteiger partial charge in [0, 0.05) is 29.8 Å². The number of hydrogen-bond acceptors (Lipinski definition) is 5. The zero-order valence-corrected chi connectivity index (χ0v) is 20.1. The molecule has 190 valence electrons. The molecule has 3 rings (SSSR count). The zero-order chi connectivity index (χ0) is 25.8. The summed E-state index contributed by atoms with van der Waals surface area (Å²) in [6.45, 7) is 3.12. The third kappa shape index (κ3) is 6.71. The molecular weight excluding hydrogens is 457 g/mol. The molecule has 2 heterocycles. The first-order chi connectivity index (χ1) is 16.5. The highest BCUT2D eigenvalue weighted by atomic mass is 19.1. The van der Waals surface area contributed by atoms with E-state index in [0.29, 0.717) is 29.6 Å². The third-order valence-corrected chi connectivity index (χ3v) is 5.98. The number of hydrogen-bond donors (Lipinski definition) is 5. The molecule has 0 bridgehead atoms. The predicted molar refractivity (Wildman–Crippen MR) is 127 cm³/mol. The lowest BCUT2D eigenvalue weighted by atomic mass is 9.91. The van der Waals surface area contributed by atoms with Crippen molar-refractivity contribution >= 4 is 34.5 Å². The van der Waals surface area contributed by atoms with Crippen LogP contribution in [0.1, 0.15) is 50.0 Å². The van der Waals surface area contributed by atoms with Crippen LogP contribution in [0, 0.1) is 5.92 Å². The minimum atomic E-state index is -1.80. The summed E-state index contributed by atoms with van der Waals surface area (Å²) in [5.74, 6) is -2.33. The Hall–Kier alpha value is -3.63. The van der Waals surface area contributed by atoms with E-state index in [9.17, 15) is 23.6 Å². The lowest BCUT2D eigenvalue weighted by molar-refractivity contribution is -0.131. The van der Waals surface area contributed by atoms with Gasteiger partial charge < -0.3 is 31.4 Å². The first-order valence-electron chi connectivity index (χ1n) is 11.5. The van der Waals surface area contributed by atoms with Crippen molar-refractivity contribution in [2.75, 3.05) is 13.7 Å². The number of methoxy groups -OCH3 is 1. The Labute approximate surface area is 202 Å². The van der Waals surface area contributed by atoms with Crippen LogP contribution in [0.25, 0.3) is 10.9 Å². The molecule has 2 aromatic rings. The summed E-state index contributed by atoms with van der Waals surface area (Å²) in [7, 11) is 1.51. The number of primary amides is 1. The standard InChI is InChI=1S/C24H32FN5O5/c1-24(2,25)12-18(23(34)29-16(20(26)31)10-13-6-5-9-27-21(13)32)30-22(33)17-11-14-15(28-17)7-4-8-19(14)35-3/h4,7-8,11,13,16,18,28H,5-6,9-10,12H2,1-3H3,(H2,26,31)(H,27,32)(H,29,34)(H,30,33). The highest BCUT2D eigenvalue weighted by Gasteiger charge is 2.34. The van der Waals surface area contributed by atoms with Crippen molar-refractivity contribution in [2.24, 2.45) is 11.7 Å². The smallest absolute Gasteiger partial charge is 0.268 e. The molecule has 1 aliphatic heterocycles. The van der Waals surface area contributed by atoms with Gasteiger partial charge in [0.05, 0.1) is 7.11 Å². The number of alkyl halides is 1. The number of aromatic amines is 1. The zero-order valence-electron chi connectivity index (χ0n) is 20.1. The van der Waals surface area contributed by atoms with Crippen LogP contribution in [0.15, 0.2) is 24.3 Å². The molecular formula is C24H32FN5O5. The maximum Gasteiger partial charge on any atom is 0.268 e. The van der Waals surface area contributed by atoms with E-state index < -0.39 is 41.4 Å². The van der Waals surface area contributed by atoms with Gasteiger partial charge in [-0.25, -0.2) is 4.39 Å². The van der Waals surface area contributed by atoms with Crippen molar-refractivity contribution in [3.05, 3.63) is 30.0 Å². The normalized spacial score (nSPS) is 17.8. The molecule has 0 spiro atoms. The highest BCUT2D eigenvalue weighted by Crippen LogP contribution is 2.26. The second kappa shape index (κ2) is 10.7. The molecule has 10 nitrogen and oxygen atoms in total. The molecule has 11 heteroatoms. The van der Waals surface area contributed by atoms with Gasteiger partial charge >= 0.3 is 0 Å². The molecule has 1 saturated heterocycles. The van der Waals surface area contributed by atoms with Gasteiger partial charge in [-0.3, -0.25) is 19.2 Å². The van der Waals surface area contributed by atoms with Crippen molar-refractivity contribution in [2.45, 2.75) is 57.3 Å². The number of piperidine rings is 1. The summed E-state index contributed by atoms with van der Waals surface area (Å²) in [6, 6.07) is 4.41. The van der Waals surface area contributed by atoms with Crippen LogP contribution in [-0.4, -0.2) is 60.0 Å². The largest absolute Gasteiger partial charge is 0.496 e. The number of aromatic nitrogens is 1. The minimum Gasteiger partial charge on any atom is -0.496 e. The number of benzene rings is 1. The number of carbonyl (C=O) groups excluding carboxylic acids is 4. The third-order valence-electron chi connectivity index (χ3n) is 5.98. The molecule has 1 aromatic heterocycles. The monoisotopic (exact) mass is 489 g/mol. The van der Waals surface area contributed by atoms with Crippen molar-refractivity contribution in [1.29, 1.82) is 0 Å². The Morgan fingerprint density at radius 3 is 2.63 bits per heavy atom. The first kappa shape index (κ1) is 26.0. The molecule has 1 fully saturated rings. The van der Waals surface area contributed by atoms with Crippen LogP contribution in [0.2, 0.25) is 0 Å². The number of fused-ring (bicyclic) bond motifs is 1. The average Bonchev–Trinajstić information content (AvgIpc) is 3.23. The van der Waals surface area contributed by atoms with E-state index in [1.165, 1.54) is 21.0 Å². The van der Waals surface area contributed by atoms with Crippen molar-refractivity contribution < 1.29 is 28.3 Å². The summed E-state index contributed by atoms with van der Waals surface area (Å²) in [5.41, 5.74) is 4.48. The van der Waals surface area contributed by atoms with Gasteiger partial charge in [-0.1, -0.05) is 6.07 Å². The van der Waals surface area contributed by atoms with Gasteiger partial charge in [0.1, 0.15) is 29.2 Å².